The number of hydrogen-bond acceptors (Lipinski definition) is 5. The predicted octanol–water partition coefficient (Wildman–Crippen LogP) is -1.63. The fourth-order valence-electron chi connectivity index (χ4n) is 0.869. The van der Waals surface area contributed by atoms with Gasteiger partial charge in [-0.1, -0.05) is 12.6 Å². The van der Waals surface area contributed by atoms with Crippen molar-refractivity contribution in [1.29, 1.82) is 0 Å². The zero-order valence-electron chi connectivity index (χ0n) is 11.7. The van der Waals surface area contributed by atoms with Gasteiger partial charge in [-0.25, -0.2) is 8.42 Å². The molecule has 0 saturated carbocycles. The molecule has 0 unspecified atom stereocenters. The Morgan fingerprint density at radius 3 is 2.35 bits per heavy atom. The number of thiocarbonyl (C=S) groups is 1. The van der Waals surface area contributed by atoms with Crippen LogP contribution in [-0.4, -0.2) is 30.6 Å². The van der Waals surface area contributed by atoms with E-state index in [1.54, 1.807) is 13.8 Å². The van der Waals surface area contributed by atoms with Crippen LogP contribution in [0.1, 0.15) is 29.1 Å². The van der Waals surface area contributed by atoms with E-state index >= 15 is 0 Å². The van der Waals surface area contributed by atoms with Gasteiger partial charge in [-0.2, -0.15) is 4.72 Å². The molecule has 0 aliphatic rings. The molecule has 0 atom stereocenters. The van der Waals surface area contributed by atoms with Crippen molar-refractivity contribution in [1.82, 2.24) is 4.72 Å². The molecule has 0 spiro atoms. The SMILES string of the molecule is CC(C)OCS(=O)(=O)NC(C)(C)OC(=S)S.[H-].[K+]. The Morgan fingerprint density at radius 2 is 2.00 bits per heavy atom. The maximum atomic E-state index is 11.5. The normalized spacial score (nSPS) is 12.1. The monoisotopic (exact) mass is 327 g/mol. The second-order valence-electron chi connectivity index (χ2n) is 3.93. The number of nitrogens with one attached hydrogen (secondary N) is 1. The van der Waals surface area contributed by atoms with Crippen molar-refractivity contribution in [3.63, 3.8) is 0 Å². The van der Waals surface area contributed by atoms with Crippen LogP contribution in [0.5, 0.6) is 0 Å². The molecular weight excluding hydrogens is 309 g/mol. The summed E-state index contributed by atoms with van der Waals surface area (Å²) < 4.78 is 35.4. The van der Waals surface area contributed by atoms with Gasteiger partial charge in [-0.15, -0.1) is 0 Å². The average Bonchev–Trinajstić information content (AvgIpc) is 1.95. The van der Waals surface area contributed by atoms with Crippen molar-refractivity contribution in [2.45, 2.75) is 39.5 Å². The fourth-order valence-corrected chi connectivity index (χ4v) is 2.61. The first-order valence-electron chi connectivity index (χ1n) is 4.59. The Bertz CT molecular complexity index is 348. The van der Waals surface area contributed by atoms with Crippen LogP contribution in [0.2, 0.25) is 0 Å². The fraction of sp³-hybridized carbons (Fsp3) is 0.875. The number of thiol groups is 1. The quantitative estimate of drug-likeness (QED) is 0.265. The van der Waals surface area contributed by atoms with Gasteiger partial charge in [0.05, 0.1) is 6.10 Å². The van der Waals surface area contributed by atoms with Gasteiger partial charge in [0.2, 0.25) is 14.4 Å². The summed E-state index contributed by atoms with van der Waals surface area (Å²) in [7, 11) is -3.57. The zero-order chi connectivity index (χ0) is 13.0. The summed E-state index contributed by atoms with van der Waals surface area (Å²) in [6.45, 7) is 6.56. The van der Waals surface area contributed by atoms with E-state index in [0.29, 0.717) is 0 Å². The Hall–Kier alpha value is 1.75. The summed E-state index contributed by atoms with van der Waals surface area (Å²) in [5.41, 5.74) is -1.14. The van der Waals surface area contributed by atoms with Gasteiger partial charge in [-0.05, 0) is 39.9 Å². The smallest absolute Gasteiger partial charge is 1.00 e. The Kier molecular flexibility index (Phi) is 10.9. The van der Waals surface area contributed by atoms with Gasteiger partial charge in [0.25, 0.3) is 0 Å². The number of sulfonamides is 1. The molecule has 17 heavy (non-hydrogen) atoms. The van der Waals surface area contributed by atoms with E-state index < -0.39 is 21.7 Å². The van der Waals surface area contributed by atoms with Crippen LogP contribution >= 0.6 is 24.8 Å². The van der Waals surface area contributed by atoms with Crippen LogP contribution in [0.25, 0.3) is 0 Å². The van der Waals surface area contributed by atoms with Crippen LogP contribution in [0.3, 0.4) is 0 Å². The molecule has 0 saturated heterocycles. The molecule has 0 aromatic heterocycles. The second-order valence-corrected chi connectivity index (χ2v) is 6.68. The van der Waals surface area contributed by atoms with Gasteiger partial charge in [0, 0.05) is 0 Å². The predicted molar refractivity (Wildman–Crippen MR) is 71.0 cm³/mol. The summed E-state index contributed by atoms with van der Waals surface area (Å²) in [6.07, 6.45) is -0.161. The van der Waals surface area contributed by atoms with Crippen LogP contribution in [-0.2, 0) is 19.5 Å². The number of hydrogen-bond donors (Lipinski definition) is 2. The summed E-state index contributed by atoms with van der Waals surface area (Å²) in [5, 5.41) is 0. The molecular formula is C8H18KNO4S3. The first-order valence-corrected chi connectivity index (χ1v) is 7.10. The van der Waals surface area contributed by atoms with Crippen LogP contribution in [0, 0.1) is 0 Å². The molecule has 0 aromatic carbocycles. The van der Waals surface area contributed by atoms with E-state index in [1.807, 2.05) is 0 Å². The average molecular weight is 328 g/mol. The molecule has 1 N–H and O–H groups in total. The third-order valence-corrected chi connectivity index (χ3v) is 2.72. The largest absolute Gasteiger partial charge is 1.00 e. The molecule has 0 radical (unpaired) electrons. The summed E-state index contributed by atoms with van der Waals surface area (Å²) in [4.78, 5) is 0. The molecule has 9 heteroatoms. The molecule has 98 valence electrons. The van der Waals surface area contributed by atoms with Crippen molar-refractivity contribution in [3.05, 3.63) is 0 Å². The maximum Gasteiger partial charge on any atom is 1.00 e. The van der Waals surface area contributed by atoms with Crippen LogP contribution in [0.4, 0.5) is 0 Å². The molecule has 0 heterocycles. The van der Waals surface area contributed by atoms with Gasteiger partial charge in [-0.3, -0.25) is 0 Å². The number of ether oxygens (including phenoxy) is 2. The van der Waals surface area contributed by atoms with Gasteiger partial charge < -0.3 is 10.9 Å². The van der Waals surface area contributed by atoms with Crippen LogP contribution in [0.15, 0.2) is 0 Å². The third-order valence-electron chi connectivity index (χ3n) is 1.30. The van der Waals surface area contributed by atoms with Crippen molar-refractivity contribution in [2.75, 3.05) is 5.94 Å². The Balaban J connectivity index is -0.00000112. The molecule has 0 bridgehead atoms. The number of rotatable bonds is 6. The second kappa shape index (κ2) is 8.83. The van der Waals surface area contributed by atoms with Crippen molar-refractivity contribution >= 4 is 39.3 Å². The topological polar surface area (TPSA) is 64.6 Å². The van der Waals surface area contributed by atoms with Crippen molar-refractivity contribution < 1.29 is 70.7 Å². The van der Waals surface area contributed by atoms with Crippen LogP contribution < -0.4 is 56.1 Å². The molecule has 0 rings (SSSR count). The minimum absolute atomic E-state index is 0. The van der Waals surface area contributed by atoms with E-state index in [1.165, 1.54) is 13.8 Å². The summed E-state index contributed by atoms with van der Waals surface area (Å²) >= 11 is 8.38. The van der Waals surface area contributed by atoms with Crippen molar-refractivity contribution in [3.8, 4) is 0 Å². The maximum absolute atomic E-state index is 11.5. The molecule has 0 amide bonds. The van der Waals surface area contributed by atoms with E-state index in [9.17, 15) is 8.42 Å². The minimum atomic E-state index is -3.57. The van der Waals surface area contributed by atoms with Gasteiger partial charge >= 0.3 is 51.4 Å². The standard InChI is InChI=1S/C8H17NO4S3.K.H/c1-6(2)12-5-16(10,11)9-8(3,4)13-7(14)15;;/h6,9H,5H2,1-4H3,(H,14,15);;/q;+1;-1. The molecule has 0 aliphatic heterocycles. The summed E-state index contributed by atoms with van der Waals surface area (Å²) in [5.74, 6) is -0.420. The van der Waals surface area contributed by atoms with Crippen molar-refractivity contribution in [2.24, 2.45) is 0 Å². The Labute approximate surface area is 158 Å². The van der Waals surface area contributed by atoms with E-state index in [0.717, 1.165) is 0 Å². The van der Waals surface area contributed by atoms with Gasteiger partial charge in [0.15, 0.2) is 11.7 Å². The molecule has 0 aliphatic carbocycles. The zero-order valence-corrected chi connectivity index (χ0v) is 16.3. The first-order chi connectivity index (χ1) is 7.04. The van der Waals surface area contributed by atoms with E-state index in [4.69, 9.17) is 9.47 Å². The minimum Gasteiger partial charge on any atom is -1.00 e. The molecule has 5 nitrogen and oxygen atoms in total. The summed E-state index contributed by atoms with van der Waals surface area (Å²) in [6, 6.07) is 0. The van der Waals surface area contributed by atoms with E-state index in [2.05, 4.69) is 29.6 Å². The first kappa shape index (κ1) is 21.1. The third kappa shape index (κ3) is 12.5. The van der Waals surface area contributed by atoms with Gasteiger partial charge in [0.1, 0.15) is 0 Å². The molecule has 0 aromatic rings. The molecule has 0 fully saturated rings. The van der Waals surface area contributed by atoms with E-state index in [-0.39, 0.29) is 63.3 Å². The Morgan fingerprint density at radius 1 is 1.53 bits per heavy atom.